The van der Waals surface area contributed by atoms with Gasteiger partial charge in [-0.05, 0) is 37.4 Å². The summed E-state index contributed by atoms with van der Waals surface area (Å²) in [4.78, 5) is 0. The Hall–Kier alpha value is -0.470. The molecule has 1 aliphatic rings. The fourth-order valence-corrected chi connectivity index (χ4v) is 4.13. The minimum Gasteiger partial charge on any atom is -0.309 e. The van der Waals surface area contributed by atoms with Crippen LogP contribution in [0.2, 0.25) is 0 Å². The van der Waals surface area contributed by atoms with Crippen molar-refractivity contribution in [3.63, 3.8) is 0 Å². The van der Waals surface area contributed by atoms with Gasteiger partial charge in [0.25, 0.3) is 0 Å². The van der Waals surface area contributed by atoms with Crippen LogP contribution in [0, 0.1) is 0 Å². The van der Waals surface area contributed by atoms with Crippen LogP contribution >= 0.6 is 11.8 Å². The van der Waals surface area contributed by atoms with Crippen LogP contribution in [0.1, 0.15) is 56.0 Å². The summed E-state index contributed by atoms with van der Waals surface area (Å²) in [7, 11) is 0. The zero-order chi connectivity index (χ0) is 12.3. The van der Waals surface area contributed by atoms with Crippen molar-refractivity contribution in [3.8, 4) is 0 Å². The second-order valence-electron chi connectivity index (χ2n) is 4.79. The van der Waals surface area contributed by atoms with Gasteiger partial charge in [0.15, 0.2) is 0 Å². The Morgan fingerprint density at radius 2 is 1.88 bits per heavy atom. The molecule has 0 spiro atoms. The number of hydrogen-bond donors (Lipinski definition) is 1. The summed E-state index contributed by atoms with van der Waals surface area (Å²) in [6.45, 7) is 7.99. The molecule has 0 fully saturated rings. The highest BCUT2D eigenvalue weighted by Gasteiger charge is 2.31. The topological polar surface area (TPSA) is 12.0 Å². The normalized spacial score (nSPS) is 27.8. The largest absolute Gasteiger partial charge is 0.309 e. The molecule has 0 aliphatic carbocycles. The average Bonchev–Trinajstić information content (AvgIpc) is 2.37. The number of nitrogens with one attached hydrogen (secondary N) is 1. The lowest BCUT2D eigenvalue weighted by molar-refractivity contribution is 0.494. The highest BCUT2D eigenvalue weighted by molar-refractivity contribution is 8.00. The minimum absolute atomic E-state index is 0.539. The van der Waals surface area contributed by atoms with Gasteiger partial charge < -0.3 is 5.32 Å². The number of benzene rings is 1. The SMILES string of the molecule is CCCNC1c2ccccc2C(C)SC1CC. The lowest BCUT2D eigenvalue weighted by Crippen LogP contribution is -2.34. The van der Waals surface area contributed by atoms with Gasteiger partial charge in [-0.25, -0.2) is 0 Å². The van der Waals surface area contributed by atoms with E-state index in [-0.39, 0.29) is 0 Å². The Morgan fingerprint density at radius 3 is 2.53 bits per heavy atom. The van der Waals surface area contributed by atoms with Crippen molar-refractivity contribution in [2.24, 2.45) is 0 Å². The fraction of sp³-hybridized carbons (Fsp3) is 0.600. The molecule has 17 heavy (non-hydrogen) atoms. The van der Waals surface area contributed by atoms with E-state index >= 15 is 0 Å². The van der Waals surface area contributed by atoms with Crippen LogP contribution in [-0.4, -0.2) is 11.8 Å². The first kappa shape index (κ1) is 13.0. The maximum absolute atomic E-state index is 3.73. The molecule has 0 aromatic heterocycles. The monoisotopic (exact) mass is 249 g/mol. The molecule has 0 saturated heterocycles. The summed E-state index contributed by atoms with van der Waals surface area (Å²) in [5, 5.41) is 5.08. The van der Waals surface area contributed by atoms with E-state index in [4.69, 9.17) is 0 Å². The van der Waals surface area contributed by atoms with Gasteiger partial charge in [-0.1, -0.05) is 38.1 Å². The highest BCUT2D eigenvalue weighted by Crippen LogP contribution is 2.46. The number of hydrogen-bond acceptors (Lipinski definition) is 2. The van der Waals surface area contributed by atoms with Gasteiger partial charge in [-0.15, -0.1) is 11.8 Å². The van der Waals surface area contributed by atoms with Crippen molar-refractivity contribution < 1.29 is 0 Å². The van der Waals surface area contributed by atoms with E-state index in [0.717, 1.165) is 6.54 Å². The standard InChI is InChI=1S/C15H23NS/c1-4-10-16-15-13-9-7-6-8-12(13)11(3)17-14(15)5-2/h6-9,11,14-16H,4-5,10H2,1-3H3. The molecule has 1 N–H and O–H groups in total. The fourth-order valence-electron chi connectivity index (χ4n) is 2.65. The summed E-state index contributed by atoms with van der Waals surface area (Å²) in [5.41, 5.74) is 3.05. The van der Waals surface area contributed by atoms with Crippen molar-refractivity contribution in [1.82, 2.24) is 5.32 Å². The van der Waals surface area contributed by atoms with Gasteiger partial charge in [0, 0.05) is 16.5 Å². The lowest BCUT2D eigenvalue weighted by atomic mass is 9.94. The minimum atomic E-state index is 0.539. The molecule has 3 atom stereocenters. The number of thioether (sulfide) groups is 1. The van der Waals surface area contributed by atoms with E-state index in [2.05, 4.69) is 62.1 Å². The van der Waals surface area contributed by atoms with Gasteiger partial charge in [0.05, 0.1) is 0 Å². The third-order valence-electron chi connectivity index (χ3n) is 3.54. The quantitative estimate of drug-likeness (QED) is 0.853. The Balaban J connectivity index is 2.29. The molecule has 1 aliphatic heterocycles. The molecule has 1 heterocycles. The van der Waals surface area contributed by atoms with Crippen LogP contribution < -0.4 is 5.32 Å². The van der Waals surface area contributed by atoms with E-state index < -0.39 is 0 Å². The second kappa shape index (κ2) is 5.92. The van der Waals surface area contributed by atoms with Crippen LogP contribution in [-0.2, 0) is 0 Å². The zero-order valence-corrected chi connectivity index (χ0v) is 11.9. The van der Waals surface area contributed by atoms with Crippen molar-refractivity contribution in [2.75, 3.05) is 6.54 Å². The second-order valence-corrected chi connectivity index (χ2v) is 6.37. The molecule has 2 rings (SSSR count). The molecule has 0 bridgehead atoms. The van der Waals surface area contributed by atoms with E-state index in [1.807, 2.05) is 0 Å². The third-order valence-corrected chi connectivity index (χ3v) is 5.15. The molecule has 0 saturated carbocycles. The summed E-state index contributed by atoms with van der Waals surface area (Å²) in [6.07, 6.45) is 2.44. The first-order valence-electron chi connectivity index (χ1n) is 6.75. The maximum Gasteiger partial charge on any atom is 0.0443 e. The van der Waals surface area contributed by atoms with Crippen LogP contribution in [0.25, 0.3) is 0 Å². The molecule has 1 aromatic carbocycles. The summed E-state index contributed by atoms with van der Waals surface area (Å²) >= 11 is 2.13. The van der Waals surface area contributed by atoms with Gasteiger partial charge in [0.1, 0.15) is 0 Å². The molecule has 0 radical (unpaired) electrons. The van der Waals surface area contributed by atoms with Gasteiger partial charge in [-0.3, -0.25) is 0 Å². The predicted octanol–water partition coefficient (Wildman–Crippen LogP) is 4.31. The molecule has 1 aromatic rings. The number of fused-ring (bicyclic) bond motifs is 1. The smallest absolute Gasteiger partial charge is 0.0443 e. The van der Waals surface area contributed by atoms with E-state index in [1.165, 1.54) is 24.0 Å². The maximum atomic E-state index is 3.73. The zero-order valence-electron chi connectivity index (χ0n) is 11.1. The Morgan fingerprint density at radius 1 is 1.18 bits per heavy atom. The van der Waals surface area contributed by atoms with Crippen LogP contribution in [0.4, 0.5) is 0 Å². The molecular weight excluding hydrogens is 226 g/mol. The van der Waals surface area contributed by atoms with Crippen molar-refractivity contribution >= 4 is 11.8 Å². The van der Waals surface area contributed by atoms with E-state index in [9.17, 15) is 0 Å². The van der Waals surface area contributed by atoms with Gasteiger partial charge in [-0.2, -0.15) is 0 Å². The summed E-state index contributed by atoms with van der Waals surface area (Å²) in [5.74, 6) is 0. The average molecular weight is 249 g/mol. The van der Waals surface area contributed by atoms with Gasteiger partial charge in [0.2, 0.25) is 0 Å². The Kier molecular flexibility index (Phi) is 4.52. The molecule has 0 amide bonds. The van der Waals surface area contributed by atoms with Crippen molar-refractivity contribution in [1.29, 1.82) is 0 Å². The first-order chi connectivity index (χ1) is 8.27. The third kappa shape index (κ3) is 2.69. The van der Waals surface area contributed by atoms with E-state index in [0.29, 0.717) is 16.5 Å². The Labute approximate surface area is 109 Å². The van der Waals surface area contributed by atoms with Crippen LogP contribution in [0.5, 0.6) is 0 Å². The van der Waals surface area contributed by atoms with Crippen LogP contribution in [0.3, 0.4) is 0 Å². The predicted molar refractivity (Wildman–Crippen MR) is 77.6 cm³/mol. The molecular formula is C15H23NS. The highest BCUT2D eigenvalue weighted by atomic mass is 32.2. The van der Waals surface area contributed by atoms with Gasteiger partial charge >= 0.3 is 0 Å². The molecule has 2 heteroatoms. The van der Waals surface area contributed by atoms with Crippen molar-refractivity contribution in [3.05, 3.63) is 35.4 Å². The Bertz CT molecular complexity index is 364. The molecule has 3 unspecified atom stereocenters. The summed E-state index contributed by atoms with van der Waals surface area (Å²) in [6, 6.07) is 9.48. The first-order valence-corrected chi connectivity index (χ1v) is 7.69. The van der Waals surface area contributed by atoms with Crippen LogP contribution in [0.15, 0.2) is 24.3 Å². The number of rotatable bonds is 4. The van der Waals surface area contributed by atoms with Crippen molar-refractivity contribution in [2.45, 2.75) is 50.2 Å². The van der Waals surface area contributed by atoms with E-state index in [1.54, 1.807) is 0 Å². The molecule has 1 nitrogen and oxygen atoms in total. The summed E-state index contributed by atoms with van der Waals surface area (Å²) < 4.78 is 0. The molecule has 94 valence electrons. The lowest BCUT2D eigenvalue weighted by Gasteiger charge is -2.36.